The van der Waals surface area contributed by atoms with Crippen LogP contribution in [0.2, 0.25) is 5.02 Å². The summed E-state index contributed by atoms with van der Waals surface area (Å²) in [5.74, 6) is 0.629. The number of amides is 1. The number of carbonyl (C=O) groups excluding carboxylic acids is 1. The lowest BCUT2D eigenvalue weighted by Crippen LogP contribution is -2.15. The van der Waals surface area contributed by atoms with Gasteiger partial charge in [-0.15, -0.1) is 10.2 Å². The van der Waals surface area contributed by atoms with Crippen LogP contribution in [0.5, 0.6) is 5.75 Å². The van der Waals surface area contributed by atoms with Gasteiger partial charge in [0, 0.05) is 22.2 Å². The van der Waals surface area contributed by atoms with Crippen LogP contribution < -0.4 is 5.32 Å². The summed E-state index contributed by atoms with van der Waals surface area (Å²) in [6, 6.07) is 10.4. The molecule has 0 radical (unpaired) electrons. The molecule has 0 bridgehead atoms. The number of thioether (sulfide) groups is 1. The number of carbonyl (C=O) groups is 1. The molecular formula is C18H16BrClN4O2S. The van der Waals surface area contributed by atoms with Crippen molar-refractivity contribution in [2.45, 2.75) is 12.1 Å². The second kappa shape index (κ2) is 8.33. The van der Waals surface area contributed by atoms with E-state index in [-0.39, 0.29) is 17.4 Å². The van der Waals surface area contributed by atoms with Gasteiger partial charge in [-0.25, -0.2) is 0 Å². The number of hydrogen-bond acceptors (Lipinski definition) is 5. The van der Waals surface area contributed by atoms with Crippen LogP contribution >= 0.6 is 39.3 Å². The molecule has 2 aromatic carbocycles. The lowest BCUT2D eigenvalue weighted by molar-refractivity contribution is -0.113. The smallest absolute Gasteiger partial charge is 0.234 e. The van der Waals surface area contributed by atoms with Crippen LogP contribution in [0.1, 0.15) is 5.56 Å². The number of nitrogens with zero attached hydrogens (tertiary/aromatic N) is 3. The Hall–Kier alpha value is -2.03. The number of halogens is 2. The third-order valence-corrected chi connectivity index (χ3v) is 5.59. The van der Waals surface area contributed by atoms with Crippen molar-refractivity contribution >= 4 is 50.9 Å². The SMILES string of the molecule is Cc1ccc(Cl)cc1NC(=O)CSc1nnc(-c2cc(Br)ccc2O)n1C. The molecule has 0 aliphatic rings. The maximum Gasteiger partial charge on any atom is 0.234 e. The standard InChI is InChI=1S/C18H16BrClN4O2S/c1-10-3-5-12(20)8-14(10)21-16(26)9-27-18-23-22-17(24(18)2)13-7-11(19)4-6-15(13)25/h3-8,25H,9H2,1-2H3,(H,21,26). The Kier molecular flexibility index (Phi) is 6.08. The van der Waals surface area contributed by atoms with Crippen molar-refractivity contribution in [1.29, 1.82) is 0 Å². The van der Waals surface area contributed by atoms with Crippen molar-refractivity contribution in [2.24, 2.45) is 7.05 Å². The highest BCUT2D eigenvalue weighted by Crippen LogP contribution is 2.32. The molecule has 0 spiro atoms. The summed E-state index contributed by atoms with van der Waals surface area (Å²) < 4.78 is 2.56. The normalized spacial score (nSPS) is 10.8. The van der Waals surface area contributed by atoms with Gasteiger partial charge in [-0.3, -0.25) is 4.79 Å². The molecule has 1 aromatic heterocycles. The second-order valence-electron chi connectivity index (χ2n) is 5.82. The molecule has 3 rings (SSSR count). The van der Waals surface area contributed by atoms with E-state index in [0.717, 1.165) is 10.0 Å². The summed E-state index contributed by atoms with van der Waals surface area (Å²) in [5, 5.41) is 22.3. The molecule has 2 N–H and O–H groups in total. The van der Waals surface area contributed by atoms with E-state index >= 15 is 0 Å². The molecule has 6 nitrogen and oxygen atoms in total. The Morgan fingerprint density at radius 3 is 2.85 bits per heavy atom. The van der Waals surface area contributed by atoms with Gasteiger partial charge in [0.2, 0.25) is 5.91 Å². The highest BCUT2D eigenvalue weighted by Gasteiger charge is 2.16. The van der Waals surface area contributed by atoms with E-state index < -0.39 is 0 Å². The number of nitrogens with one attached hydrogen (secondary N) is 1. The minimum absolute atomic E-state index is 0.111. The Morgan fingerprint density at radius 1 is 1.30 bits per heavy atom. The van der Waals surface area contributed by atoms with E-state index in [1.165, 1.54) is 11.8 Å². The molecule has 0 fully saturated rings. The zero-order chi connectivity index (χ0) is 19.6. The maximum atomic E-state index is 12.3. The summed E-state index contributed by atoms with van der Waals surface area (Å²) in [4.78, 5) is 12.3. The van der Waals surface area contributed by atoms with Crippen molar-refractivity contribution < 1.29 is 9.90 Å². The lowest BCUT2D eigenvalue weighted by Gasteiger charge is -2.09. The van der Waals surface area contributed by atoms with Gasteiger partial charge < -0.3 is 15.0 Å². The van der Waals surface area contributed by atoms with Gasteiger partial charge in [-0.1, -0.05) is 45.4 Å². The predicted molar refractivity (Wildman–Crippen MR) is 111 cm³/mol. The first-order valence-corrected chi connectivity index (χ1v) is 10.1. The van der Waals surface area contributed by atoms with E-state index in [4.69, 9.17) is 11.6 Å². The van der Waals surface area contributed by atoms with Crippen molar-refractivity contribution in [2.75, 3.05) is 11.1 Å². The van der Waals surface area contributed by atoms with E-state index in [1.54, 1.807) is 41.9 Å². The average molecular weight is 468 g/mol. The van der Waals surface area contributed by atoms with Crippen LogP contribution in [0, 0.1) is 6.92 Å². The first kappa shape index (κ1) is 19.7. The highest BCUT2D eigenvalue weighted by atomic mass is 79.9. The van der Waals surface area contributed by atoms with Gasteiger partial charge in [0.15, 0.2) is 11.0 Å². The zero-order valence-electron chi connectivity index (χ0n) is 14.5. The quantitative estimate of drug-likeness (QED) is 0.534. The molecule has 0 saturated heterocycles. The largest absolute Gasteiger partial charge is 0.507 e. The zero-order valence-corrected chi connectivity index (χ0v) is 17.7. The van der Waals surface area contributed by atoms with Crippen LogP contribution in [0.4, 0.5) is 5.69 Å². The van der Waals surface area contributed by atoms with Crippen LogP contribution in [0.25, 0.3) is 11.4 Å². The van der Waals surface area contributed by atoms with E-state index in [9.17, 15) is 9.90 Å². The number of phenolic OH excluding ortho intramolecular Hbond substituents is 1. The van der Waals surface area contributed by atoms with Gasteiger partial charge >= 0.3 is 0 Å². The van der Waals surface area contributed by atoms with Gasteiger partial charge in [-0.05, 0) is 42.8 Å². The third-order valence-electron chi connectivity index (χ3n) is 3.84. The minimum Gasteiger partial charge on any atom is -0.507 e. The fraction of sp³-hybridized carbons (Fsp3) is 0.167. The number of phenols is 1. The number of rotatable bonds is 5. The Labute approximate surface area is 174 Å². The van der Waals surface area contributed by atoms with Crippen LogP contribution in [0.15, 0.2) is 46.0 Å². The molecule has 0 saturated carbocycles. The van der Waals surface area contributed by atoms with Gasteiger partial charge in [-0.2, -0.15) is 0 Å². The number of aryl methyl sites for hydroxylation is 1. The molecule has 3 aromatic rings. The first-order valence-electron chi connectivity index (χ1n) is 7.92. The van der Waals surface area contributed by atoms with E-state index in [1.807, 2.05) is 13.0 Å². The fourth-order valence-electron chi connectivity index (χ4n) is 2.41. The molecule has 1 heterocycles. The molecule has 27 heavy (non-hydrogen) atoms. The van der Waals surface area contributed by atoms with Gasteiger partial charge in [0.25, 0.3) is 0 Å². The van der Waals surface area contributed by atoms with Gasteiger partial charge in [0.05, 0.1) is 11.3 Å². The Balaban J connectivity index is 1.70. The average Bonchev–Trinajstić information content (AvgIpc) is 2.99. The summed E-state index contributed by atoms with van der Waals surface area (Å²) in [6.07, 6.45) is 0. The number of hydrogen-bond donors (Lipinski definition) is 2. The summed E-state index contributed by atoms with van der Waals surface area (Å²) >= 11 is 10.6. The summed E-state index contributed by atoms with van der Waals surface area (Å²) in [7, 11) is 1.79. The number of aromatic hydroxyl groups is 1. The lowest BCUT2D eigenvalue weighted by atomic mass is 10.2. The van der Waals surface area contributed by atoms with Crippen molar-refractivity contribution in [3.63, 3.8) is 0 Å². The molecule has 140 valence electrons. The monoisotopic (exact) mass is 466 g/mol. The fourth-order valence-corrected chi connectivity index (χ4v) is 3.65. The van der Waals surface area contributed by atoms with Crippen LogP contribution in [-0.2, 0) is 11.8 Å². The van der Waals surface area contributed by atoms with Crippen LogP contribution in [0.3, 0.4) is 0 Å². The molecular weight excluding hydrogens is 452 g/mol. The van der Waals surface area contributed by atoms with Crippen molar-refractivity contribution in [1.82, 2.24) is 14.8 Å². The topological polar surface area (TPSA) is 80.0 Å². The molecule has 0 unspecified atom stereocenters. The maximum absolute atomic E-state index is 12.3. The number of benzene rings is 2. The number of aromatic nitrogens is 3. The summed E-state index contributed by atoms with van der Waals surface area (Å²) in [5.41, 5.74) is 2.18. The molecule has 0 atom stereocenters. The van der Waals surface area contributed by atoms with Crippen LogP contribution in [-0.4, -0.2) is 31.5 Å². The third kappa shape index (κ3) is 4.63. The van der Waals surface area contributed by atoms with Crippen molar-refractivity contribution in [3.05, 3.63) is 51.5 Å². The molecule has 1 amide bonds. The number of anilines is 1. The van der Waals surface area contributed by atoms with Crippen molar-refractivity contribution in [3.8, 4) is 17.1 Å². The van der Waals surface area contributed by atoms with E-state index in [0.29, 0.717) is 27.3 Å². The Morgan fingerprint density at radius 2 is 2.07 bits per heavy atom. The minimum atomic E-state index is -0.166. The summed E-state index contributed by atoms with van der Waals surface area (Å²) in [6.45, 7) is 1.90. The first-order chi connectivity index (χ1) is 12.8. The predicted octanol–water partition coefficient (Wildman–Crippen LogP) is 4.64. The van der Waals surface area contributed by atoms with Gasteiger partial charge in [0.1, 0.15) is 5.75 Å². The Bertz CT molecular complexity index is 1010. The molecule has 0 aliphatic carbocycles. The van der Waals surface area contributed by atoms with E-state index in [2.05, 4.69) is 31.4 Å². The highest BCUT2D eigenvalue weighted by molar-refractivity contribution is 9.10. The molecule has 0 aliphatic heterocycles. The molecule has 9 heteroatoms. The second-order valence-corrected chi connectivity index (χ2v) is 8.12.